The molecule has 0 N–H and O–H groups in total. The third-order valence-corrected chi connectivity index (χ3v) is 6.53. The summed E-state index contributed by atoms with van der Waals surface area (Å²) in [4.78, 5) is 39.1. The zero-order chi connectivity index (χ0) is 18.8. The molecule has 4 fully saturated rings. The van der Waals surface area contributed by atoms with Gasteiger partial charge in [0.2, 0.25) is 0 Å². The number of methoxy groups -OCH3 is 1. The van der Waals surface area contributed by atoms with Crippen LogP contribution in [0.5, 0.6) is 0 Å². The Morgan fingerprint density at radius 1 is 0.931 bits per heavy atom. The second-order valence-corrected chi connectivity index (χ2v) is 8.00. The first-order valence-electron chi connectivity index (χ1n) is 9.61. The molecule has 0 spiro atoms. The van der Waals surface area contributed by atoms with Crippen LogP contribution >= 0.6 is 0 Å². The SMILES string of the molecule is C.CN1C2C[CH-]CC1CC(=O)C2.COC(=O)C1C(=O)CC2C[CH-]CC1N2C.[2HH].[Rb+].[Rb+]. The van der Waals surface area contributed by atoms with Gasteiger partial charge in [-0.2, -0.15) is 25.7 Å². The molecule has 8 heteroatoms. The van der Waals surface area contributed by atoms with E-state index in [1.807, 2.05) is 7.05 Å². The molecule has 4 aliphatic heterocycles. The summed E-state index contributed by atoms with van der Waals surface area (Å²) in [5, 5.41) is 0. The largest absolute Gasteiger partial charge is 1.00 e. The van der Waals surface area contributed by atoms with E-state index in [0.29, 0.717) is 24.3 Å². The van der Waals surface area contributed by atoms with Gasteiger partial charge in [-0.05, 0) is 32.2 Å². The zero-order valence-electron chi connectivity index (χ0n) is 18.0. The number of Topliss-reactive ketones (excluding diaryl/α,β-unsaturated/α-hetero) is 2. The first kappa shape index (κ1) is 31.3. The molecule has 0 amide bonds. The molecule has 156 valence electrons. The number of hydrogen-bond acceptors (Lipinski definition) is 6. The Labute approximate surface area is 275 Å². The maximum absolute atomic E-state index is 11.8. The number of piperidine rings is 4. The van der Waals surface area contributed by atoms with Gasteiger partial charge in [0.05, 0.1) is 7.11 Å². The van der Waals surface area contributed by atoms with Gasteiger partial charge >= 0.3 is 122 Å². The van der Waals surface area contributed by atoms with E-state index in [9.17, 15) is 14.4 Å². The number of carbonyl (C=O) groups is 3. The van der Waals surface area contributed by atoms with Crippen LogP contribution in [0.4, 0.5) is 0 Å². The summed E-state index contributed by atoms with van der Waals surface area (Å²) in [5.41, 5.74) is 0. The summed E-state index contributed by atoms with van der Waals surface area (Å²) >= 11 is 0. The van der Waals surface area contributed by atoms with Crippen molar-refractivity contribution in [3.63, 3.8) is 0 Å². The van der Waals surface area contributed by atoms with Crippen LogP contribution in [0.1, 0.15) is 53.8 Å². The summed E-state index contributed by atoms with van der Waals surface area (Å²) in [6.45, 7) is 0. The quantitative estimate of drug-likeness (QED) is 0.190. The van der Waals surface area contributed by atoms with Crippen LogP contribution in [-0.2, 0) is 19.1 Å². The molecule has 29 heavy (non-hydrogen) atoms. The van der Waals surface area contributed by atoms with E-state index < -0.39 is 5.92 Å². The van der Waals surface area contributed by atoms with E-state index in [1.165, 1.54) is 7.11 Å². The molecule has 4 bridgehead atoms. The summed E-state index contributed by atoms with van der Waals surface area (Å²) < 4.78 is 4.70. The van der Waals surface area contributed by atoms with Gasteiger partial charge in [0.1, 0.15) is 17.5 Å². The molecular formula is C21H36N2O4Rb2. The smallest absolute Gasteiger partial charge is 0.468 e. The Bertz CT molecular complexity index is 565. The van der Waals surface area contributed by atoms with Crippen LogP contribution in [0.15, 0.2) is 0 Å². The average molecular weight is 552 g/mol. The molecule has 5 unspecified atom stereocenters. The Kier molecular flexibility index (Phi) is 15.7. The Morgan fingerprint density at radius 3 is 1.93 bits per heavy atom. The van der Waals surface area contributed by atoms with Crippen LogP contribution < -0.4 is 116 Å². The topological polar surface area (TPSA) is 66.9 Å². The molecule has 0 aromatic carbocycles. The van der Waals surface area contributed by atoms with E-state index in [1.54, 1.807) is 0 Å². The van der Waals surface area contributed by atoms with E-state index in [-0.39, 0.29) is 149 Å². The fourth-order valence-corrected chi connectivity index (χ4v) is 4.83. The summed E-state index contributed by atoms with van der Waals surface area (Å²) in [6, 6.07) is 1.35. The number of ketones is 2. The van der Waals surface area contributed by atoms with Gasteiger partial charge in [-0.3, -0.25) is 14.4 Å². The Balaban J connectivity index is 0. The van der Waals surface area contributed by atoms with Crippen molar-refractivity contribution in [3.05, 3.63) is 12.8 Å². The molecule has 5 atom stereocenters. The van der Waals surface area contributed by atoms with Gasteiger partial charge in [0.25, 0.3) is 0 Å². The van der Waals surface area contributed by atoms with Gasteiger partial charge in [-0.1, -0.05) is 7.43 Å². The summed E-state index contributed by atoms with van der Waals surface area (Å²) in [7, 11) is 5.48. The first-order chi connectivity index (χ1) is 12.4. The van der Waals surface area contributed by atoms with Crippen LogP contribution in [0.3, 0.4) is 0 Å². The Morgan fingerprint density at radius 2 is 1.41 bits per heavy atom. The second kappa shape index (κ2) is 14.6. The predicted molar refractivity (Wildman–Crippen MR) is 106 cm³/mol. The van der Waals surface area contributed by atoms with Gasteiger partial charge in [-0.15, -0.1) is 0 Å². The van der Waals surface area contributed by atoms with Crippen molar-refractivity contribution in [2.45, 2.75) is 76.5 Å². The number of nitrogens with zero attached hydrogens (tertiary/aromatic N) is 2. The molecule has 0 aromatic heterocycles. The van der Waals surface area contributed by atoms with Crippen molar-refractivity contribution in [2.24, 2.45) is 5.92 Å². The summed E-state index contributed by atoms with van der Waals surface area (Å²) in [6.07, 6.45) is 10.5. The molecule has 0 saturated carbocycles. The van der Waals surface area contributed by atoms with Crippen LogP contribution in [0.25, 0.3) is 0 Å². The van der Waals surface area contributed by atoms with Gasteiger partial charge < -0.3 is 27.4 Å². The number of esters is 1. The van der Waals surface area contributed by atoms with Gasteiger partial charge in [-0.25, -0.2) is 0 Å². The van der Waals surface area contributed by atoms with Crippen LogP contribution in [0, 0.1) is 18.8 Å². The minimum absolute atomic E-state index is 0. The number of hydrogen-bond donors (Lipinski definition) is 0. The molecule has 4 rings (SSSR count). The van der Waals surface area contributed by atoms with Crippen molar-refractivity contribution in [3.8, 4) is 0 Å². The van der Waals surface area contributed by atoms with Gasteiger partial charge in [0, 0.05) is 26.7 Å². The van der Waals surface area contributed by atoms with E-state index in [0.717, 1.165) is 38.5 Å². The molecule has 4 heterocycles. The Hall–Kier alpha value is 2.34. The number of rotatable bonds is 1. The normalized spacial score (nSPS) is 33.7. The standard InChI is InChI=1S/C11H16NO3.C9H14NO.CH4.2Rb.H2/c1-12-7-4-3-5-8(12)10(9(13)6-7)11(14)15-2;1-10-7-3-2-4-8(10)6-9(11)5-7;;;;/h3,7-8,10H,4-6H2,1-2H3;2,7-8H,3-6H2,1H3;1H4;;;1H/q2*-1;;2*+1;/i;;;;;1+1. The minimum Gasteiger partial charge on any atom is -0.468 e. The molecule has 6 nitrogen and oxygen atoms in total. The average Bonchev–Trinajstić information content (AvgIpc) is 2.58. The van der Waals surface area contributed by atoms with E-state index in [4.69, 9.17) is 4.74 Å². The third kappa shape index (κ3) is 7.68. The van der Waals surface area contributed by atoms with Crippen LogP contribution in [-0.4, -0.2) is 72.7 Å². The molecule has 0 aromatic rings. The van der Waals surface area contributed by atoms with E-state index in [2.05, 4.69) is 29.7 Å². The monoisotopic (exact) mass is 551 g/mol. The summed E-state index contributed by atoms with van der Waals surface area (Å²) in [5.74, 6) is -0.451. The number of ether oxygens (including phenoxy) is 1. The fourth-order valence-electron chi connectivity index (χ4n) is 4.83. The zero-order valence-corrected chi connectivity index (χ0v) is 27.9. The van der Waals surface area contributed by atoms with Crippen molar-refractivity contribution in [2.75, 3.05) is 21.2 Å². The molecule has 4 aliphatic rings. The van der Waals surface area contributed by atoms with Crippen LogP contribution in [0.2, 0.25) is 0 Å². The molecular weight excluding hydrogens is 515 g/mol. The maximum Gasteiger partial charge on any atom is 1.00 e. The minimum atomic E-state index is -0.576. The van der Waals surface area contributed by atoms with E-state index >= 15 is 0 Å². The van der Waals surface area contributed by atoms with Crippen molar-refractivity contribution < 1.29 is 137 Å². The number of carbonyl (C=O) groups excluding carboxylic acids is 3. The van der Waals surface area contributed by atoms with Crippen molar-refractivity contribution >= 4 is 17.5 Å². The molecule has 0 aliphatic carbocycles. The molecule has 4 saturated heterocycles. The van der Waals surface area contributed by atoms with Gasteiger partial charge in [0.15, 0.2) is 0 Å². The maximum atomic E-state index is 11.8. The predicted octanol–water partition coefficient (Wildman–Crippen LogP) is -3.68. The van der Waals surface area contributed by atoms with Crippen molar-refractivity contribution in [1.29, 1.82) is 0 Å². The fraction of sp³-hybridized carbons (Fsp3) is 0.762. The first-order valence-corrected chi connectivity index (χ1v) is 9.61. The number of fused-ring (bicyclic) bond motifs is 4. The molecule has 0 radical (unpaired) electrons. The van der Waals surface area contributed by atoms with Crippen molar-refractivity contribution in [1.82, 2.24) is 9.80 Å². The second-order valence-electron chi connectivity index (χ2n) is 8.00. The third-order valence-electron chi connectivity index (χ3n) is 6.53.